The zero-order valence-electron chi connectivity index (χ0n) is 10.1. The molecule has 0 aliphatic carbocycles. The molecule has 0 saturated carbocycles. The molecule has 0 bridgehead atoms. The molecule has 2 aliphatic rings. The van der Waals surface area contributed by atoms with Crippen LogP contribution in [-0.4, -0.2) is 24.7 Å². The van der Waals surface area contributed by atoms with E-state index in [1.54, 1.807) is 0 Å². The van der Waals surface area contributed by atoms with Gasteiger partial charge in [-0.3, -0.25) is 0 Å². The SMILES string of the molecule is CCN1C=CC2(OCCO2)c2ccc(C)nc21. The van der Waals surface area contributed by atoms with E-state index in [-0.39, 0.29) is 0 Å². The van der Waals surface area contributed by atoms with Gasteiger partial charge in [0.1, 0.15) is 5.82 Å². The van der Waals surface area contributed by atoms with Gasteiger partial charge in [-0.1, -0.05) is 0 Å². The highest BCUT2D eigenvalue weighted by Crippen LogP contribution is 2.41. The monoisotopic (exact) mass is 232 g/mol. The molecule has 0 N–H and O–H groups in total. The number of aromatic nitrogens is 1. The Morgan fingerprint density at radius 1 is 1.35 bits per heavy atom. The van der Waals surface area contributed by atoms with Gasteiger partial charge in [0.15, 0.2) is 0 Å². The number of pyridine rings is 1. The van der Waals surface area contributed by atoms with E-state index in [0.717, 1.165) is 23.6 Å². The molecule has 4 nitrogen and oxygen atoms in total. The Kier molecular flexibility index (Phi) is 2.42. The molecule has 1 saturated heterocycles. The van der Waals surface area contributed by atoms with Crippen molar-refractivity contribution in [3.05, 3.63) is 35.7 Å². The molecule has 90 valence electrons. The molecule has 1 spiro atoms. The van der Waals surface area contributed by atoms with Gasteiger partial charge >= 0.3 is 0 Å². The number of rotatable bonds is 1. The summed E-state index contributed by atoms with van der Waals surface area (Å²) in [6, 6.07) is 4.05. The average molecular weight is 232 g/mol. The summed E-state index contributed by atoms with van der Waals surface area (Å²) in [7, 11) is 0. The summed E-state index contributed by atoms with van der Waals surface area (Å²) in [4.78, 5) is 6.71. The van der Waals surface area contributed by atoms with Crippen molar-refractivity contribution in [3.8, 4) is 0 Å². The first-order valence-corrected chi connectivity index (χ1v) is 5.97. The van der Waals surface area contributed by atoms with Gasteiger partial charge in [-0.15, -0.1) is 0 Å². The predicted molar refractivity (Wildman–Crippen MR) is 64.7 cm³/mol. The average Bonchev–Trinajstić information content (AvgIpc) is 2.79. The van der Waals surface area contributed by atoms with E-state index >= 15 is 0 Å². The van der Waals surface area contributed by atoms with E-state index in [9.17, 15) is 0 Å². The maximum Gasteiger partial charge on any atom is 0.220 e. The molecule has 4 heteroatoms. The molecule has 1 aromatic heterocycles. The molecule has 2 aliphatic heterocycles. The molecule has 0 aromatic carbocycles. The Morgan fingerprint density at radius 2 is 2.12 bits per heavy atom. The maximum atomic E-state index is 5.76. The van der Waals surface area contributed by atoms with Gasteiger partial charge in [0.25, 0.3) is 0 Å². The van der Waals surface area contributed by atoms with Crippen LogP contribution in [0.4, 0.5) is 5.82 Å². The lowest BCUT2D eigenvalue weighted by molar-refractivity contribution is -0.124. The predicted octanol–water partition coefficient (Wildman–Crippen LogP) is 1.94. The Labute approximate surface area is 101 Å². The van der Waals surface area contributed by atoms with Crippen LogP contribution in [0.1, 0.15) is 18.2 Å². The molecular weight excluding hydrogens is 216 g/mol. The second-order valence-corrected chi connectivity index (χ2v) is 4.29. The fourth-order valence-electron chi connectivity index (χ4n) is 2.32. The summed E-state index contributed by atoms with van der Waals surface area (Å²) in [6.07, 6.45) is 3.98. The topological polar surface area (TPSA) is 34.6 Å². The highest BCUT2D eigenvalue weighted by atomic mass is 16.7. The van der Waals surface area contributed by atoms with Gasteiger partial charge in [0.2, 0.25) is 5.79 Å². The van der Waals surface area contributed by atoms with E-state index in [4.69, 9.17) is 9.47 Å². The largest absolute Gasteiger partial charge is 0.340 e. The number of hydrogen-bond donors (Lipinski definition) is 0. The quantitative estimate of drug-likeness (QED) is 0.741. The zero-order chi connectivity index (χ0) is 11.9. The third kappa shape index (κ3) is 1.56. The first kappa shape index (κ1) is 10.7. The lowest BCUT2D eigenvalue weighted by Gasteiger charge is -2.34. The van der Waals surface area contributed by atoms with Gasteiger partial charge in [0.05, 0.1) is 18.8 Å². The summed E-state index contributed by atoms with van der Waals surface area (Å²) >= 11 is 0. The smallest absolute Gasteiger partial charge is 0.220 e. The van der Waals surface area contributed by atoms with Gasteiger partial charge in [-0.2, -0.15) is 0 Å². The standard InChI is InChI=1S/C13H16N2O2/c1-3-15-7-6-13(16-8-9-17-13)11-5-4-10(2)14-12(11)15/h4-7H,3,8-9H2,1-2H3. The van der Waals surface area contributed by atoms with E-state index in [2.05, 4.69) is 22.9 Å². The van der Waals surface area contributed by atoms with Crippen molar-refractivity contribution in [2.45, 2.75) is 19.6 Å². The van der Waals surface area contributed by atoms with Crippen LogP contribution in [0.25, 0.3) is 0 Å². The molecule has 3 heterocycles. The van der Waals surface area contributed by atoms with Crippen LogP contribution in [0, 0.1) is 6.92 Å². The van der Waals surface area contributed by atoms with E-state index < -0.39 is 5.79 Å². The second kappa shape index (κ2) is 3.82. The number of fused-ring (bicyclic) bond motifs is 2. The third-order valence-corrected chi connectivity index (χ3v) is 3.19. The van der Waals surface area contributed by atoms with E-state index in [1.807, 2.05) is 25.3 Å². The van der Waals surface area contributed by atoms with Crippen LogP contribution in [0.5, 0.6) is 0 Å². The molecule has 17 heavy (non-hydrogen) atoms. The molecule has 0 atom stereocenters. The first-order chi connectivity index (χ1) is 8.25. The Morgan fingerprint density at radius 3 is 2.82 bits per heavy atom. The normalized spacial score (nSPS) is 20.9. The summed E-state index contributed by atoms with van der Waals surface area (Å²) in [5.74, 6) is 0.235. The van der Waals surface area contributed by atoms with Crippen LogP contribution in [0.3, 0.4) is 0 Å². The molecule has 0 radical (unpaired) electrons. The second-order valence-electron chi connectivity index (χ2n) is 4.29. The Balaban J connectivity index is 2.14. The van der Waals surface area contributed by atoms with E-state index in [0.29, 0.717) is 13.2 Å². The molecule has 1 fully saturated rings. The first-order valence-electron chi connectivity index (χ1n) is 5.97. The molecular formula is C13H16N2O2. The van der Waals surface area contributed by atoms with Gasteiger partial charge < -0.3 is 14.4 Å². The lowest BCUT2D eigenvalue weighted by Crippen LogP contribution is -2.34. The van der Waals surface area contributed by atoms with Crippen molar-refractivity contribution in [2.24, 2.45) is 0 Å². The van der Waals surface area contributed by atoms with Gasteiger partial charge in [-0.05, 0) is 32.1 Å². The molecule has 0 amide bonds. The highest BCUT2D eigenvalue weighted by molar-refractivity contribution is 5.57. The number of hydrogen-bond acceptors (Lipinski definition) is 4. The molecule has 1 aromatic rings. The van der Waals surface area contributed by atoms with Crippen LogP contribution >= 0.6 is 0 Å². The Bertz CT molecular complexity index is 464. The van der Waals surface area contributed by atoms with Gasteiger partial charge in [0, 0.05) is 18.4 Å². The molecule has 3 rings (SSSR count). The van der Waals surface area contributed by atoms with Crippen LogP contribution in [0.2, 0.25) is 0 Å². The summed E-state index contributed by atoms with van der Waals surface area (Å²) in [5, 5.41) is 0. The summed E-state index contributed by atoms with van der Waals surface area (Å²) < 4.78 is 11.5. The van der Waals surface area contributed by atoms with Crippen LogP contribution in [-0.2, 0) is 15.3 Å². The minimum absolute atomic E-state index is 0.629. The number of anilines is 1. The minimum atomic E-state index is -0.707. The van der Waals surface area contributed by atoms with Crippen LogP contribution in [0.15, 0.2) is 24.4 Å². The fourth-order valence-corrected chi connectivity index (χ4v) is 2.32. The maximum absolute atomic E-state index is 5.76. The molecule has 0 unspecified atom stereocenters. The van der Waals surface area contributed by atoms with Crippen molar-refractivity contribution in [2.75, 3.05) is 24.7 Å². The lowest BCUT2D eigenvalue weighted by atomic mass is 10.0. The van der Waals surface area contributed by atoms with Crippen molar-refractivity contribution in [3.63, 3.8) is 0 Å². The van der Waals surface area contributed by atoms with Crippen molar-refractivity contribution in [1.29, 1.82) is 0 Å². The fraction of sp³-hybridized carbons (Fsp3) is 0.462. The highest BCUT2D eigenvalue weighted by Gasteiger charge is 2.41. The Hall–Kier alpha value is -1.39. The third-order valence-electron chi connectivity index (χ3n) is 3.19. The van der Waals surface area contributed by atoms with E-state index in [1.165, 1.54) is 0 Å². The zero-order valence-corrected chi connectivity index (χ0v) is 10.1. The number of aryl methyl sites for hydroxylation is 1. The van der Waals surface area contributed by atoms with Crippen molar-refractivity contribution >= 4 is 5.82 Å². The summed E-state index contributed by atoms with van der Waals surface area (Å²) in [6.45, 7) is 6.24. The van der Waals surface area contributed by atoms with Crippen molar-refractivity contribution in [1.82, 2.24) is 4.98 Å². The van der Waals surface area contributed by atoms with Crippen LogP contribution < -0.4 is 4.90 Å². The van der Waals surface area contributed by atoms with Gasteiger partial charge in [-0.25, -0.2) is 4.98 Å². The number of ether oxygens (including phenoxy) is 2. The minimum Gasteiger partial charge on any atom is -0.340 e. The number of nitrogens with zero attached hydrogens (tertiary/aromatic N) is 2. The van der Waals surface area contributed by atoms with Crippen molar-refractivity contribution < 1.29 is 9.47 Å². The summed E-state index contributed by atoms with van der Waals surface area (Å²) in [5.41, 5.74) is 2.01.